The maximum atomic E-state index is 15.2. The number of hydrogen-bond acceptors (Lipinski definition) is 6. The van der Waals surface area contributed by atoms with E-state index in [4.69, 9.17) is 0 Å². The molecule has 2 N–H and O–H groups in total. The zero-order valence-electron chi connectivity index (χ0n) is 37.8. The molecule has 2 heterocycles. The Labute approximate surface area is 383 Å². The van der Waals surface area contributed by atoms with Crippen LogP contribution in [-0.4, -0.2) is 71.4 Å². The Morgan fingerprint density at radius 1 is 0.439 bits per heavy atom. The van der Waals surface area contributed by atoms with Crippen LogP contribution in [0.5, 0.6) is 0 Å². The van der Waals surface area contributed by atoms with Crippen LogP contribution in [0.3, 0.4) is 0 Å². The van der Waals surface area contributed by atoms with Crippen LogP contribution < -0.4 is 10.6 Å². The summed E-state index contributed by atoms with van der Waals surface area (Å²) in [5.41, 5.74) is 5.72. The molecule has 2 aliphatic heterocycles. The first kappa shape index (κ1) is 41.7. The summed E-state index contributed by atoms with van der Waals surface area (Å²) >= 11 is 0. The van der Waals surface area contributed by atoms with Gasteiger partial charge in [0.1, 0.15) is 0 Å². The van der Waals surface area contributed by atoms with Gasteiger partial charge in [-0.25, -0.2) is 0 Å². The van der Waals surface area contributed by atoms with Crippen molar-refractivity contribution in [3.05, 3.63) is 118 Å². The molecule has 0 spiro atoms. The molecular weight excluding hydrogens is 825 g/mol. The van der Waals surface area contributed by atoms with E-state index in [1.807, 2.05) is 74.5 Å². The molecule has 7 aromatic carbocycles. The summed E-state index contributed by atoms with van der Waals surface area (Å²) in [6.07, 6.45) is 10.4. The predicted octanol–water partition coefficient (Wildman–Crippen LogP) is 10.9. The second kappa shape index (κ2) is 15.9. The summed E-state index contributed by atoms with van der Waals surface area (Å²) in [5, 5.41) is 11.1. The Morgan fingerprint density at radius 2 is 0.788 bits per heavy atom. The summed E-state index contributed by atoms with van der Waals surface area (Å²) in [5.74, 6) is -1.33. The third kappa shape index (κ3) is 6.13. The minimum atomic E-state index is -0.332. The molecule has 0 aromatic heterocycles. The Hall–Kier alpha value is -6.94. The normalized spacial score (nSPS) is 17.9. The summed E-state index contributed by atoms with van der Waals surface area (Å²) in [7, 11) is 3.18. The van der Waals surface area contributed by atoms with E-state index in [-0.39, 0.29) is 59.4 Å². The van der Waals surface area contributed by atoms with Gasteiger partial charge < -0.3 is 10.6 Å². The number of fused-ring (bicyclic) bond motifs is 2. The van der Waals surface area contributed by atoms with Crippen molar-refractivity contribution in [2.24, 2.45) is 11.8 Å². The molecule has 0 radical (unpaired) electrons. The molecule has 6 amide bonds. The van der Waals surface area contributed by atoms with Crippen LogP contribution in [0.25, 0.3) is 65.3 Å². The van der Waals surface area contributed by atoms with Gasteiger partial charge in [-0.1, -0.05) is 74.9 Å². The number of amides is 6. The molecule has 0 unspecified atom stereocenters. The van der Waals surface area contributed by atoms with E-state index in [0.29, 0.717) is 44.2 Å². The fourth-order valence-electron chi connectivity index (χ4n) is 12.2. The molecular formula is C56H52N4O6. The summed E-state index contributed by atoms with van der Waals surface area (Å²) in [4.78, 5) is 88.7. The quantitative estimate of drug-likeness (QED) is 0.0887. The van der Waals surface area contributed by atoms with E-state index < -0.39 is 0 Å². The molecule has 2 atom stereocenters. The molecule has 4 aliphatic rings. The molecule has 0 bridgehead atoms. The summed E-state index contributed by atoms with van der Waals surface area (Å²) < 4.78 is 0. The number of hydrogen-bond donors (Lipinski definition) is 2. The predicted molar refractivity (Wildman–Crippen MR) is 258 cm³/mol. The Morgan fingerprint density at radius 3 is 1.14 bits per heavy atom. The number of rotatable bonds is 8. The fourth-order valence-corrected chi connectivity index (χ4v) is 12.2. The Bertz CT molecular complexity index is 3020. The SMILES string of the molecule is CNC(=O)c1ccc(-c2cc3c4c(ccc5c6c(-c7ccc(C(=O)NC)cc7)cc7c8c(ccc(c2c45)c86)C(=O)N([C@H](C)C2CCCCC2)C7=O)C(=O)N([C@H](C)C2CCCCC2)C3=O)cc1. The van der Waals surface area contributed by atoms with Crippen molar-refractivity contribution in [3.8, 4) is 22.3 Å². The largest absolute Gasteiger partial charge is 0.355 e. The Kier molecular flexibility index (Phi) is 10.1. The lowest BCUT2D eigenvalue weighted by molar-refractivity contribution is 0.0460. The highest BCUT2D eigenvalue weighted by Gasteiger charge is 2.43. The van der Waals surface area contributed by atoms with Crippen molar-refractivity contribution in [1.29, 1.82) is 0 Å². The number of nitrogens with one attached hydrogen (secondary N) is 2. The molecule has 11 rings (SSSR count). The molecule has 0 saturated heterocycles. The van der Waals surface area contributed by atoms with E-state index in [0.717, 1.165) is 119 Å². The third-order valence-corrected chi connectivity index (χ3v) is 15.7. The van der Waals surface area contributed by atoms with Gasteiger partial charge in [-0.05, 0) is 154 Å². The standard InChI is InChI=1S/C56H52N4O6/c1-29(31-11-7-5-8-12-31)59-53(63)39-25-23-37-46-42(34-17-21-36(22-18-34)52(62)58-4)28-44-48-40(54(64)60(56(44)66)30(2)32-13-9-6-10-14-32)26-24-38(50(46)48)45-41(27-43(55(59)65)47(39)49(37)45)33-15-19-35(20-16-33)51(61)57-3/h15-32H,5-14H2,1-4H3,(H,57,61)(H,58,62)/t29-,30-/m1/s1. The zero-order valence-corrected chi connectivity index (χ0v) is 37.8. The van der Waals surface area contributed by atoms with Crippen molar-refractivity contribution in [1.82, 2.24) is 20.4 Å². The average Bonchev–Trinajstić information content (AvgIpc) is 3.36. The smallest absolute Gasteiger partial charge is 0.261 e. The molecule has 2 fully saturated rings. The highest BCUT2D eigenvalue weighted by molar-refractivity contribution is 6.44. The van der Waals surface area contributed by atoms with E-state index in [1.165, 1.54) is 9.80 Å². The molecule has 10 nitrogen and oxygen atoms in total. The highest BCUT2D eigenvalue weighted by atomic mass is 16.2. The van der Waals surface area contributed by atoms with Crippen LogP contribution in [0.4, 0.5) is 0 Å². The number of carbonyl (C=O) groups excluding carboxylic acids is 6. The van der Waals surface area contributed by atoms with Crippen molar-refractivity contribution >= 4 is 78.5 Å². The van der Waals surface area contributed by atoms with Gasteiger partial charge in [0.25, 0.3) is 35.4 Å². The van der Waals surface area contributed by atoms with Crippen LogP contribution in [0.2, 0.25) is 0 Å². The molecule has 2 saturated carbocycles. The van der Waals surface area contributed by atoms with Crippen molar-refractivity contribution in [2.45, 2.75) is 90.1 Å². The monoisotopic (exact) mass is 876 g/mol. The van der Waals surface area contributed by atoms with Gasteiger partial charge in [-0.3, -0.25) is 38.6 Å². The van der Waals surface area contributed by atoms with Gasteiger partial charge in [0.05, 0.1) is 0 Å². The van der Waals surface area contributed by atoms with Gasteiger partial charge in [-0.15, -0.1) is 0 Å². The van der Waals surface area contributed by atoms with Gasteiger partial charge in [-0.2, -0.15) is 0 Å². The maximum absolute atomic E-state index is 15.2. The van der Waals surface area contributed by atoms with Crippen LogP contribution in [-0.2, 0) is 0 Å². The molecule has 66 heavy (non-hydrogen) atoms. The Balaban J connectivity index is 1.25. The number of carbonyl (C=O) groups is 6. The summed E-state index contributed by atoms with van der Waals surface area (Å²) in [6.45, 7) is 4.02. The van der Waals surface area contributed by atoms with Crippen LogP contribution in [0.1, 0.15) is 140 Å². The number of imide groups is 2. The van der Waals surface area contributed by atoms with Gasteiger partial charge >= 0.3 is 0 Å². The van der Waals surface area contributed by atoms with Crippen LogP contribution in [0, 0.1) is 11.8 Å². The van der Waals surface area contributed by atoms with Crippen molar-refractivity contribution in [2.75, 3.05) is 14.1 Å². The molecule has 7 aromatic rings. The second-order valence-electron chi connectivity index (χ2n) is 19.1. The lowest BCUT2D eigenvalue weighted by atomic mass is 9.77. The van der Waals surface area contributed by atoms with Crippen LogP contribution >= 0.6 is 0 Å². The first-order valence-corrected chi connectivity index (χ1v) is 23.7. The zero-order chi connectivity index (χ0) is 45.7. The fraction of sp³-hybridized carbons (Fsp3) is 0.321. The topological polar surface area (TPSA) is 133 Å². The lowest BCUT2D eigenvalue weighted by Crippen LogP contribution is -2.49. The van der Waals surface area contributed by atoms with Crippen molar-refractivity contribution < 1.29 is 28.8 Å². The van der Waals surface area contributed by atoms with E-state index in [9.17, 15) is 19.2 Å². The number of nitrogens with zero attached hydrogens (tertiary/aromatic N) is 2. The molecule has 10 heteroatoms. The first-order chi connectivity index (χ1) is 32.0. The highest BCUT2D eigenvalue weighted by Crippen LogP contribution is 2.52. The van der Waals surface area contributed by atoms with E-state index >= 15 is 9.59 Å². The van der Waals surface area contributed by atoms with E-state index in [2.05, 4.69) is 10.6 Å². The summed E-state index contributed by atoms with van der Waals surface area (Å²) in [6, 6.07) is 25.5. The van der Waals surface area contributed by atoms with E-state index in [1.54, 1.807) is 38.4 Å². The third-order valence-electron chi connectivity index (χ3n) is 15.7. The minimum Gasteiger partial charge on any atom is -0.355 e. The lowest BCUT2D eigenvalue weighted by Gasteiger charge is -2.39. The first-order valence-electron chi connectivity index (χ1n) is 23.7. The molecule has 332 valence electrons. The van der Waals surface area contributed by atoms with Gasteiger partial charge in [0.15, 0.2) is 0 Å². The molecule has 2 aliphatic carbocycles. The van der Waals surface area contributed by atoms with Crippen LogP contribution in [0.15, 0.2) is 84.9 Å². The second-order valence-corrected chi connectivity index (χ2v) is 19.1. The van der Waals surface area contributed by atoms with Crippen molar-refractivity contribution in [3.63, 3.8) is 0 Å². The minimum absolute atomic E-state index is 0.202. The number of benzene rings is 7. The average molecular weight is 877 g/mol. The van der Waals surface area contributed by atoms with Gasteiger partial charge in [0.2, 0.25) is 0 Å². The maximum Gasteiger partial charge on any atom is 0.261 e. The van der Waals surface area contributed by atoms with Gasteiger partial charge in [0, 0.05) is 70.3 Å².